The van der Waals surface area contributed by atoms with Crippen molar-refractivity contribution in [2.75, 3.05) is 12.0 Å². The summed E-state index contributed by atoms with van der Waals surface area (Å²) in [6.45, 7) is 1.95. The molecular formula is C12H22N2O3S. The van der Waals surface area contributed by atoms with Crippen molar-refractivity contribution >= 4 is 23.8 Å². The van der Waals surface area contributed by atoms with E-state index in [2.05, 4.69) is 10.6 Å². The predicted molar refractivity (Wildman–Crippen MR) is 72.9 cm³/mol. The number of carboxylic acids is 1. The first-order valence-corrected chi connectivity index (χ1v) is 7.71. The summed E-state index contributed by atoms with van der Waals surface area (Å²) in [7, 11) is 0. The van der Waals surface area contributed by atoms with Crippen LogP contribution in [0, 0.1) is 5.92 Å². The first-order chi connectivity index (χ1) is 8.52. The molecule has 1 fully saturated rings. The van der Waals surface area contributed by atoms with E-state index in [0.717, 1.165) is 18.1 Å². The van der Waals surface area contributed by atoms with Gasteiger partial charge in [-0.3, -0.25) is 0 Å². The summed E-state index contributed by atoms with van der Waals surface area (Å²) in [6.07, 6.45) is 5.84. The minimum atomic E-state index is -0.978. The molecule has 0 radical (unpaired) electrons. The number of carboxylic acid groups (broad SMARTS) is 1. The van der Waals surface area contributed by atoms with Crippen LogP contribution in [0.3, 0.4) is 0 Å². The highest BCUT2D eigenvalue weighted by Crippen LogP contribution is 2.33. The quantitative estimate of drug-likeness (QED) is 0.629. The van der Waals surface area contributed by atoms with Crippen LogP contribution < -0.4 is 10.6 Å². The molecule has 6 heteroatoms. The van der Waals surface area contributed by atoms with Crippen molar-refractivity contribution in [1.29, 1.82) is 0 Å². The number of thioether (sulfide) groups is 1. The van der Waals surface area contributed by atoms with Crippen molar-refractivity contribution in [3.05, 3.63) is 0 Å². The Kier molecular flexibility index (Phi) is 6.32. The van der Waals surface area contributed by atoms with Gasteiger partial charge in [0.25, 0.3) is 0 Å². The van der Waals surface area contributed by atoms with E-state index in [9.17, 15) is 9.59 Å². The molecule has 0 aromatic heterocycles. The van der Waals surface area contributed by atoms with Crippen LogP contribution in [0.25, 0.3) is 0 Å². The van der Waals surface area contributed by atoms with Gasteiger partial charge in [-0.05, 0) is 37.7 Å². The molecule has 1 saturated carbocycles. The second kappa shape index (κ2) is 7.51. The lowest BCUT2D eigenvalue weighted by atomic mass is 10.1. The van der Waals surface area contributed by atoms with E-state index in [1.54, 1.807) is 11.8 Å². The Morgan fingerprint density at radius 3 is 2.56 bits per heavy atom. The average Bonchev–Trinajstić information content (AvgIpc) is 3.07. The molecule has 18 heavy (non-hydrogen) atoms. The lowest BCUT2D eigenvalue weighted by molar-refractivity contribution is -0.139. The molecule has 0 aromatic rings. The van der Waals surface area contributed by atoms with Gasteiger partial charge in [0.2, 0.25) is 0 Å². The van der Waals surface area contributed by atoms with E-state index in [1.807, 2.05) is 13.2 Å². The number of nitrogens with one attached hydrogen (secondary N) is 2. The summed E-state index contributed by atoms with van der Waals surface area (Å²) in [5, 5.41) is 14.3. The van der Waals surface area contributed by atoms with Gasteiger partial charge in [0.15, 0.2) is 0 Å². The number of hydrogen-bond acceptors (Lipinski definition) is 3. The summed E-state index contributed by atoms with van der Waals surface area (Å²) in [4.78, 5) is 22.6. The van der Waals surface area contributed by atoms with E-state index >= 15 is 0 Å². The van der Waals surface area contributed by atoms with E-state index in [4.69, 9.17) is 5.11 Å². The Bertz CT molecular complexity index is 295. The molecule has 1 rings (SSSR count). The molecule has 2 amide bonds. The number of carbonyl (C=O) groups excluding carboxylic acids is 1. The van der Waals surface area contributed by atoms with Gasteiger partial charge in [0.1, 0.15) is 6.04 Å². The standard InChI is InChI=1S/C12H22N2O3S/c1-8(7-9-3-4-9)13-12(17)14-10(11(15)16)5-6-18-2/h8-10H,3-7H2,1-2H3,(H,15,16)(H2,13,14,17). The van der Waals surface area contributed by atoms with E-state index in [1.165, 1.54) is 12.8 Å². The summed E-state index contributed by atoms with van der Waals surface area (Å²) >= 11 is 1.57. The molecular weight excluding hydrogens is 252 g/mol. The molecule has 0 heterocycles. The maximum absolute atomic E-state index is 11.6. The van der Waals surface area contributed by atoms with E-state index < -0.39 is 12.0 Å². The summed E-state index contributed by atoms with van der Waals surface area (Å²) < 4.78 is 0. The average molecular weight is 274 g/mol. The molecule has 0 saturated heterocycles. The Labute approximate surface area is 112 Å². The highest BCUT2D eigenvalue weighted by Gasteiger charge is 2.25. The van der Waals surface area contributed by atoms with Gasteiger partial charge >= 0.3 is 12.0 Å². The van der Waals surface area contributed by atoms with Crippen molar-refractivity contribution in [3.63, 3.8) is 0 Å². The first-order valence-electron chi connectivity index (χ1n) is 6.31. The zero-order chi connectivity index (χ0) is 13.5. The topological polar surface area (TPSA) is 78.4 Å². The lowest BCUT2D eigenvalue weighted by Crippen LogP contribution is -2.48. The fourth-order valence-electron chi connectivity index (χ4n) is 1.83. The van der Waals surface area contributed by atoms with Crippen LogP contribution in [-0.4, -0.2) is 41.2 Å². The third-order valence-electron chi connectivity index (χ3n) is 2.98. The Morgan fingerprint density at radius 2 is 2.06 bits per heavy atom. The Balaban J connectivity index is 2.27. The van der Waals surface area contributed by atoms with Gasteiger partial charge in [-0.2, -0.15) is 11.8 Å². The SMILES string of the molecule is CSCCC(NC(=O)NC(C)CC1CC1)C(=O)O. The highest BCUT2D eigenvalue weighted by atomic mass is 32.2. The van der Waals surface area contributed by atoms with Crippen LogP contribution in [0.2, 0.25) is 0 Å². The van der Waals surface area contributed by atoms with Crippen LogP contribution in [0.5, 0.6) is 0 Å². The van der Waals surface area contributed by atoms with E-state index in [0.29, 0.717) is 6.42 Å². The second-order valence-corrected chi connectivity index (χ2v) is 5.86. The number of hydrogen-bond donors (Lipinski definition) is 3. The molecule has 2 unspecified atom stereocenters. The van der Waals surface area contributed by atoms with E-state index in [-0.39, 0.29) is 12.1 Å². The van der Waals surface area contributed by atoms with Gasteiger partial charge in [-0.15, -0.1) is 0 Å². The fraction of sp³-hybridized carbons (Fsp3) is 0.833. The van der Waals surface area contributed by atoms with Crippen LogP contribution in [-0.2, 0) is 4.79 Å². The molecule has 104 valence electrons. The summed E-state index contributed by atoms with van der Waals surface area (Å²) in [5.74, 6) is 0.482. The first kappa shape index (κ1) is 15.1. The van der Waals surface area contributed by atoms with Crippen molar-refractivity contribution in [1.82, 2.24) is 10.6 Å². The highest BCUT2D eigenvalue weighted by molar-refractivity contribution is 7.98. The zero-order valence-corrected chi connectivity index (χ0v) is 11.8. The fourth-order valence-corrected chi connectivity index (χ4v) is 2.30. The van der Waals surface area contributed by atoms with Gasteiger partial charge < -0.3 is 15.7 Å². The van der Waals surface area contributed by atoms with Crippen LogP contribution in [0.1, 0.15) is 32.6 Å². The molecule has 0 aromatic carbocycles. The third kappa shape index (κ3) is 6.14. The monoisotopic (exact) mass is 274 g/mol. The molecule has 3 N–H and O–H groups in total. The number of carbonyl (C=O) groups is 2. The number of urea groups is 1. The third-order valence-corrected chi connectivity index (χ3v) is 3.62. The normalized spacial score (nSPS) is 17.9. The molecule has 2 atom stereocenters. The molecule has 0 aliphatic heterocycles. The molecule has 5 nitrogen and oxygen atoms in total. The van der Waals surface area contributed by atoms with Gasteiger partial charge in [-0.25, -0.2) is 9.59 Å². The molecule has 1 aliphatic carbocycles. The largest absolute Gasteiger partial charge is 0.480 e. The number of rotatable bonds is 8. The molecule has 1 aliphatic rings. The maximum atomic E-state index is 11.6. The van der Waals surface area contributed by atoms with Crippen LogP contribution in [0.4, 0.5) is 4.79 Å². The zero-order valence-electron chi connectivity index (χ0n) is 10.9. The Morgan fingerprint density at radius 1 is 1.39 bits per heavy atom. The predicted octanol–water partition coefficient (Wildman–Crippen LogP) is 1.68. The maximum Gasteiger partial charge on any atom is 0.326 e. The summed E-state index contributed by atoms with van der Waals surface area (Å²) in [5.41, 5.74) is 0. The van der Waals surface area contributed by atoms with Crippen molar-refractivity contribution in [3.8, 4) is 0 Å². The lowest BCUT2D eigenvalue weighted by Gasteiger charge is -2.18. The van der Waals surface area contributed by atoms with Crippen molar-refractivity contribution < 1.29 is 14.7 Å². The van der Waals surface area contributed by atoms with Crippen LogP contribution >= 0.6 is 11.8 Å². The minimum Gasteiger partial charge on any atom is -0.480 e. The number of amides is 2. The number of aliphatic carboxylic acids is 1. The molecule has 0 bridgehead atoms. The van der Waals surface area contributed by atoms with Crippen LogP contribution in [0.15, 0.2) is 0 Å². The van der Waals surface area contributed by atoms with Gasteiger partial charge in [0, 0.05) is 6.04 Å². The van der Waals surface area contributed by atoms with Crippen molar-refractivity contribution in [2.24, 2.45) is 5.92 Å². The summed E-state index contributed by atoms with van der Waals surface area (Å²) in [6, 6.07) is -1.07. The van der Waals surface area contributed by atoms with Gasteiger partial charge in [-0.1, -0.05) is 12.8 Å². The van der Waals surface area contributed by atoms with Crippen molar-refractivity contribution in [2.45, 2.75) is 44.7 Å². The molecule has 0 spiro atoms. The minimum absolute atomic E-state index is 0.104. The second-order valence-electron chi connectivity index (χ2n) is 4.87. The smallest absolute Gasteiger partial charge is 0.326 e. The van der Waals surface area contributed by atoms with Gasteiger partial charge in [0.05, 0.1) is 0 Å². The Hall–Kier alpha value is -0.910.